The average molecular weight is 330 g/mol. The molecule has 5 heteroatoms. The first-order chi connectivity index (χ1) is 8.17. The summed E-state index contributed by atoms with van der Waals surface area (Å²) in [4.78, 5) is 9.70. The minimum Gasteiger partial charge on any atom is -0.226 e. The van der Waals surface area contributed by atoms with Gasteiger partial charge in [-0.3, -0.25) is 0 Å². The van der Waals surface area contributed by atoms with E-state index in [-0.39, 0.29) is 0 Å². The molecule has 1 heterocycles. The van der Waals surface area contributed by atoms with Crippen molar-refractivity contribution in [2.24, 2.45) is 0 Å². The highest BCUT2D eigenvalue weighted by molar-refractivity contribution is 9.10. The van der Waals surface area contributed by atoms with Gasteiger partial charge in [-0.2, -0.15) is 0 Å². The Kier molecular flexibility index (Phi) is 4.42. The largest absolute Gasteiger partial charge is 0.226 e. The lowest BCUT2D eigenvalue weighted by molar-refractivity contribution is 0.889. The van der Waals surface area contributed by atoms with E-state index in [4.69, 9.17) is 11.6 Å². The summed E-state index contributed by atoms with van der Waals surface area (Å²) in [5, 5.41) is 1.38. The third-order valence-corrected chi connectivity index (χ3v) is 3.72. The topological polar surface area (TPSA) is 25.8 Å². The lowest BCUT2D eigenvalue weighted by Gasteiger charge is -2.03. The van der Waals surface area contributed by atoms with Crippen LogP contribution in [0, 0.1) is 0 Å². The van der Waals surface area contributed by atoms with Gasteiger partial charge in [-0.25, -0.2) is 9.97 Å². The van der Waals surface area contributed by atoms with Gasteiger partial charge in [0.2, 0.25) is 0 Å². The van der Waals surface area contributed by atoms with Crippen molar-refractivity contribution in [1.82, 2.24) is 9.97 Å². The van der Waals surface area contributed by atoms with Gasteiger partial charge < -0.3 is 0 Å². The van der Waals surface area contributed by atoms with Crippen molar-refractivity contribution in [1.29, 1.82) is 0 Å². The summed E-state index contributed by atoms with van der Waals surface area (Å²) in [5.41, 5.74) is 0. The zero-order chi connectivity index (χ0) is 12.3. The van der Waals surface area contributed by atoms with Crippen molar-refractivity contribution >= 4 is 39.3 Å². The summed E-state index contributed by atoms with van der Waals surface area (Å²) in [6, 6.07) is 9.87. The number of nitrogens with zero attached hydrogens (tertiary/aromatic N) is 2. The van der Waals surface area contributed by atoms with Crippen LogP contribution in [0.2, 0.25) is 5.15 Å². The van der Waals surface area contributed by atoms with Gasteiger partial charge in [0.25, 0.3) is 0 Å². The Morgan fingerprint density at radius 1 is 1.24 bits per heavy atom. The van der Waals surface area contributed by atoms with Crippen LogP contribution in [0.4, 0.5) is 0 Å². The van der Waals surface area contributed by atoms with Crippen molar-refractivity contribution in [2.45, 2.75) is 23.3 Å². The lowest BCUT2D eigenvalue weighted by atomic mass is 10.4. The molecule has 2 nitrogen and oxygen atoms in total. The fraction of sp³-hybridized carbons (Fsp3) is 0.167. The fourth-order valence-corrected chi connectivity index (χ4v) is 2.64. The summed E-state index contributed by atoms with van der Waals surface area (Å²) < 4.78 is 1.07. The second-order valence-electron chi connectivity index (χ2n) is 3.35. The monoisotopic (exact) mass is 328 g/mol. The smallest absolute Gasteiger partial charge is 0.133 e. The van der Waals surface area contributed by atoms with Gasteiger partial charge in [0, 0.05) is 21.9 Å². The highest BCUT2D eigenvalue weighted by Crippen LogP contribution is 2.28. The molecule has 17 heavy (non-hydrogen) atoms. The van der Waals surface area contributed by atoms with Crippen LogP contribution < -0.4 is 0 Å². The molecule has 0 atom stereocenters. The minimum absolute atomic E-state index is 0.497. The van der Waals surface area contributed by atoms with Gasteiger partial charge in [0.15, 0.2) is 0 Å². The molecule has 2 aromatic rings. The number of aromatic nitrogens is 2. The van der Waals surface area contributed by atoms with Crippen molar-refractivity contribution in [2.75, 3.05) is 0 Å². The van der Waals surface area contributed by atoms with Crippen LogP contribution in [-0.4, -0.2) is 9.97 Å². The molecule has 0 saturated carbocycles. The van der Waals surface area contributed by atoms with Crippen LogP contribution in [0.3, 0.4) is 0 Å². The van der Waals surface area contributed by atoms with Crippen LogP contribution in [-0.2, 0) is 6.42 Å². The van der Waals surface area contributed by atoms with Gasteiger partial charge in [-0.05, 0) is 24.3 Å². The quantitative estimate of drug-likeness (QED) is 0.769. The maximum atomic E-state index is 5.95. The van der Waals surface area contributed by atoms with Crippen LogP contribution in [0.5, 0.6) is 0 Å². The second-order valence-corrected chi connectivity index (χ2v) is 5.75. The molecule has 0 aliphatic rings. The molecule has 0 spiro atoms. The maximum Gasteiger partial charge on any atom is 0.133 e. The molecule has 0 saturated heterocycles. The standard InChI is InChI=1S/C12H10BrClN2S/c1-2-11-15-10(14)7-12(16-11)17-9-5-3-8(13)4-6-9/h3-7H,2H2,1H3. The molecule has 2 rings (SSSR count). The Labute approximate surface area is 118 Å². The average Bonchev–Trinajstić information content (AvgIpc) is 2.31. The molecule has 1 aromatic carbocycles. The molecular weight excluding hydrogens is 320 g/mol. The van der Waals surface area contributed by atoms with Gasteiger partial charge in [0.1, 0.15) is 16.0 Å². The zero-order valence-electron chi connectivity index (χ0n) is 9.15. The fourth-order valence-electron chi connectivity index (χ4n) is 1.28. The molecule has 0 unspecified atom stereocenters. The third kappa shape index (κ3) is 3.69. The molecule has 0 fully saturated rings. The summed E-state index contributed by atoms with van der Waals surface area (Å²) in [7, 11) is 0. The van der Waals surface area contributed by atoms with E-state index in [2.05, 4.69) is 25.9 Å². The molecule has 0 aliphatic heterocycles. The maximum absolute atomic E-state index is 5.95. The summed E-state index contributed by atoms with van der Waals surface area (Å²) in [6.45, 7) is 2.01. The normalized spacial score (nSPS) is 10.5. The molecular formula is C12H10BrClN2S. The van der Waals surface area contributed by atoms with E-state index in [0.717, 1.165) is 26.6 Å². The molecule has 0 radical (unpaired) electrons. The second kappa shape index (κ2) is 5.85. The number of benzene rings is 1. The number of aryl methyl sites for hydroxylation is 1. The van der Waals surface area contributed by atoms with E-state index in [1.165, 1.54) is 0 Å². The Morgan fingerprint density at radius 3 is 2.59 bits per heavy atom. The SMILES string of the molecule is CCc1nc(Cl)cc(Sc2ccc(Br)cc2)n1. The minimum atomic E-state index is 0.497. The zero-order valence-corrected chi connectivity index (χ0v) is 12.3. The highest BCUT2D eigenvalue weighted by atomic mass is 79.9. The first kappa shape index (κ1) is 12.9. The highest BCUT2D eigenvalue weighted by Gasteiger charge is 2.04. The van der Waals surface area contributed by atoms with E-state index in [1.54, 1.807) is 17.8 Å². The number of hydrogen-bond acceptors (Lipinski definition) is 3. The van der Waals surface area contributed by atoms with Crippen molar-refractivity contribution in [3.05, 3.63) is 45.8 Å². The first-order valence-corrected chi connectivity index (χ1v) is 7.13. The Hall–Kier alpha value is -0.580. The first-order valence-electron chi connectivity index (χ1n) is 5.14. The van der Waals surface area contributed by atoms with Crippen LogP contribution in [0.15, 0.2) is 44.7 Å². The van der Waals surface area contributed by atoms with Gasteiger partial charge in [0.05, 0.1) is 0 Å². The molecule has 1 aromatic heterocycles. The van der Waals surface area contributed by atoms with Crippen molar-refractivity contribution in [3.63, 3.8) is 0 Å². The predicted molar refractivity (Wildman–Crippen MR) is 74.7 cm³/mol. The molecule has 0 N–H and O–H groups in total. The van der Waals surface area contributed by atoms with Crippen LogP contribution in [0.25, 0.3) is 0 Å². The van der Waals surface area contributed by atoms with E-state index in [1.807, 2.05) is 31.2 Å². The summed E-state index contributed by atoms with van der Waals surface area (Å²) in [5.74, 6) is 0.775. The summed E-state index contributed by atoms with van der Waals surface area (Å²) >= 11 is 10.9. The van der Waals surface area contributed by atoms with E-state index in [0.29, 0.717) is 5.15 Å². The number of rotatable bonds is 3. The Morgan fingerprint density at radius 2 is 1.94 bits per heavy atom. The van der Waals surface area contributed by atoms with Crippen molar-refractivity contribution in [3.8, 4) is 0 Å². The van der Waals surface area contributed by atoms with Crippen molar-refractivity contribution < 1.29 is 0 Å². The lowest BCUT2D eigenvalue weighted by Crippen LogP contribution is -1.94. The third-order valence-electron chi connectivity index (χ3n) is 2.07. The van der Waals surface area contributed by atoms with Crippen LogP contribution in [0.1, 0.15) is 12.7 Å². The van der Waals surface area contributed by atoms with Gasteiger partial charge in [-0.15, -0.1) is 0 Å². The Balaban J connectivity index is 2.23. The van der Waals surface area contributed by atoms with Gasteiger partial charge >= 0.3 is 0 Å². The molecule has 0 bridgehead atoms. The van der Waals surface area contributed by atoms with E-state index in [9.17, 15) is 0 Å². The molecule has 88 valence electrons. The van der Waals surface area contributed by atoms with E-state index >= 15 is 0 Å². The number of halogens is 2. The van der Waals surface area contributed by atoms with E-state index < -0.39 is 0 Å². The molecule has 0 aliphatic carbocycles. The Bertz CT molecular complexity index is 516. The summed E-state index contributed by atoms with van der Waals surface area (Å²) in [6.07, 6.45) is 0.786. The van der Waals surface area contributed by atoms with Gasteiger partial charge in [-0.1, -0.05) is 46.2 Å². The molecule has 0 amide bonds. The predicted octanol–water partition coefficient (Wildman–Crippen LogP) is 4.61. The number of hydrogen-bond donors (Lipinski definition) is 0. The van der Waals surface area contributed by atoms with Crippen LogP contribution >= 0.6 is 39.3 Å².